The van der Waals surface area contributed by atoms with Crippen molar-refractivity contribution < 1.29 is 0 Å². The van der Waals surface area contributed by atoms with Crippen molar-refractivity contribution in [1.82, 2.24) is 5.32 Å². The molecule has 4 atom stereocenters. The van der Waals surface area contributed by atoms with Gasteiger partial charge in [-0.1, -0.05) is 20.8 Å². The van der Waals surface area contributed by atoms with Crippen molar-refractivity contribution in [2.24, 2.45) is 23.2 Å². The van der Waals surface area contributed by atoms with Crippen molar-refractivity contribution in [3.63, 3.8) is 0 Å². The molecule has 106 valence electrons. The van der Waals surface area contributed by atoms with E-state index in [1.54, 1.807) is 0 Å². The van der Waals surface area contributed by atoms with Crippen molar-refractivity contribution in [2.45, 2.75) is 53.1 Å². The molecule has 3 saturated carbocycles. The van der Waals surface area contributed by atoms with Crippen LogP contribution in [-0.4, -0.2) is 6.04 Å². The number of hydrogen-bond acceptors (Lipinski definition) is 2. The first kappa shape index (κ1) is 14.1. The van der Waals surface area contributed by atoms with E-state index >= 15 is 0 Å². The summed E-state index contributed by atoms with van der Waals surface area (Å²) in [5.41, 5.74) is 1.96. The summed E-state index contributed by atoms with van der Waals surface area (Å²) < 4.78 is 1.28. The third-order valence-electron chi connectivity index (χ3n) is 5.80. The number of aryl methyl sites for hydroxylation is 1. The molecule has 2 bridgehead atoms. The molecule has 1 nitrogen and oxygen atoms in total. The fourth-order valence-electron chi connectivity index (χ4n) is 4.26. The van der Waals surface area contributed by atoms with E-state index in [2.05, 4.69) is 55.0 Å². The molecular weight excluding hydrogens is 318 g/mol. The van der Waals surface area contributed by atoms with E-state index in [9.17, 15) is 0 Å². The van der Waals surface area contributed by atoms with Gasteiger partial charge in [-0.3, -0.25) is 0 Å². The Morgan fingerprint density at radius 3 is 2.68 bits per heavy atom. The highest BCUT2D eigenvalue weighted by molar-refractivity contribution is 9.11. The van der Waals surface area contributed by atoms with Crippen LogP contribution in [0.3, 0.4) is 0 Å². The van der Waals surface area contributed by atoms with E-state index < -0.39 is 0 Å². The topological polar surface area (TPSA) is 12.0 Å². The SMILES string of the molecule is Cc1cc(CNC2CC3CC(C2C)C3(C)C)sc1Br. The van der Waals surface area contributed by atoms with E-state index in [1.165, 1.54) is 27.1 Å². The van der Waals surface area contributed by atoms with E-state index in [4.69, 9.17) is 0 Å². The van der Waals surface area contributed by atoms with Gasteiger partial charge in [-0.2, -0.15) is 0 Å². The molecule has 4 rings (SSSR count). The molecule has 1 aromatic heterocycles. The summed E-state index contributed by atoms with van der Waals surface area (Å²) in [4.78, 5) is 1.45. The minimum absolute atomic E-state index is 0.597. The average molecular weight is 342 g/mol. The molecule has 19 heavy (non-hydrogen) atoms. The molecule has 1 heterocycles. The molecule has 3 aliphatic rings. The number of hydrogen-bond donors (Lipinski definition) is 1. The zero-order valence-corrected chi connectivity index (χ0v) is 14.7. The quantitative estimate of drug-likeness (QED) is 0.817. The lowest BCUT2D eigenvalue weighted by atomic mass is 9.45. The molecule has 0 aromatic carbocycles. The molecule has 3 aliphatic carbocycles. The molecule has 0 spiro atoms. The molecule has 0 amide bonds. The van der Waals surface area contributed by atoms with Gasteiger partial charge in [0, 0.05) is 17.5 Å². The first-order valence-corrected chi connectivity index (χ1v) is 8.98. The van der Waals surface area contributed by atoms with Gasteiger partial charge in [-0.25, -0.2) is 0 Å². The van der Waals surface area contributed by atoms with E-state index in [0.717, 1.165) is 30.3 Å². The maximum absolute atomic E-state index is 3.82. The van der Waals surface area contributed by atoms with Crippen molar-refractivity contribution in [3.8, 4) is 0 Å². The second-order valence-electron chi connectivity index (χ2n) is 7.11. The molecule has 1 N–H and O–H groups in total. The first-order valence-electron chi connectivity index (χ1n) is 7.37. The smallest absolute Gasteiger partial charge is 0.0730 e. The third kappa shape index (κ3) is 2.32. The zero-order valence-electron chi connectivity index (χ0n) is 12.3. The van der Waals surface area contributed by atoms with Crippen LogP contribution >= 0.6 is 27.3 Å². The summed E-state index contributed by atoms with van der Waals surface area (Å²) in [5, 5.41) is 3.82. The van der Waals surface area contributed by atoms with Crippen molar-refractivity contribution in [2.75, 3.05) is 0 Å². The molecule has 4 unspecified atom stereocenters. The maximum atomic E-state index is 3.82. The van der Waals surface area contributed by atoms with Crippen LogP contribution in [0, 0.1) is 30.1 Å². The summed E-state index contributed by atoms with van der Waals surface area (Å²) >= 11 is 5.49. The van der Waals surface area contributed by atoms with Gasteiger partial charge in [0.15, 0.2) is 0 Å². The lowest BCUT2D eigenvalue weighted by Crippen LogP contribution is -2.59. The van der Waals surface area contributed by atoms with Crippen molar-refractivity contribution in [1.29, 1.82) is 0 Å². The van der Waals surface area contributed by atoms with Gasteiger partial charge < -0.3 is 5.32 Å². The molecule has 3 heteroatoms. The first-order chi connectivity index (χ1) is 8.89. The standard InChI is InChI=1S/C16H24BrNS/c1-9-5-12(19-15(9)17)8-18-14-7-11-6-13(10(14)2)16(11,3)4/h5,10-11,13-14,18H,6-8H2,1-4H3. The van der Waals surface area contributed by atoms with E-state index in [-0.39, 0.29) is 0 Å². The van der Waals surface area contributed by atoms with Gasteiger partial charge in [0.25, 0.3) is 0 Å². The Kier molecular flexibility index (Phi) is 3.60. The fraction of sp³-hybridized carbons (Fsp3) is 0.750. The summed E-state index contributed by atoms with van der Waals surface area (Å²) in [5.74, 6) is 2.70. The molecule has 0 saturated heterocycles. The fourth-order valence-corrected chi connectivity index (χ4v) is 5.84. The zero-order chi connectivity index (χ0) is 13.8. The maximum Gasteiger partial charge on any atom is 0.0730 e. The largest absolute Gasteiger partial charge is 0.309 e. The average Bonchev–Trinajstić information content (AvgIpc) is 2.66. The molecule has 1 aromatic rings. The second-order valence-corrected chi connectivity index (χ2v) is 9.57. The summed E-state index contributed by atoms with van der Waals surface area (Å²) in [6.45, 7) is 10.6. The van der Waals surface area contributed by atoms with Crippen LogP contribution in [-0.2, 0) is 6.54 Å². The summed E-state index contributed by atoms with van der Waals surface area (Å²) in [6.07, 6.45) is 2.84. The Hall–Kier alpha value is 0.140. The number of rotatable bonds is 3. The van der Waals surface area contributed by atoms with Crippen molar-refractivity contribution >= 4 is 27.3 Å². The monoisotopic (exact) mass is 341 g/mol. The van der Waals surface area contributed by atoms with Crippen molar-refractivity contribution in [3.05, 3.63) is 20.3 Å². The number of fused-ring (bicyclic) bond motifs is 2. The van der Waals surface area contributed by atoms with Crippen LogP contribution in [0.4, 0.5) is 0 Å². The van der Waals surface area contributed by atoms with Crippen LogP contribution in [0.2, 0.25) is 0 Å². The molecule has 3 fully saturated rings. The Morgan fingerprint density at radius 2 is 2.16 bits per heavy atom. The van der Waals surface area contributed by atoms with E-state index in [0.29, 0.717) is 5.41 Å². The lowest BCUT2D eigenvalue weighted by Gasteiger charge is -2.62. The Bertz CT molecular complexity index is 460. The predicted octanol–water partition coefficient (Wildman–Crippen LogP) is 4.98. The Balaban J connectivity index is 1.60. The van der Waals surface area contributed by atoms with Gasteiger partial charge in [-0.05, 0) is 70.5 Å². The van der Waals surface area contributed by atoms with Gasteiger partial charge in [-0.15, -0.1) is 11.3 Å². The summed E-state index contributed by atoms with van der Waals surface area (Å²) in [7, 11) is 0. The highest BCUT2D eigenvalue weighted by Crippen LogP contribution is 2.61. The number of thiophene rings is 1. The lowest BCUT2D eigenvalue weighted by molar-refractivity contribution is -0.115. The third-order valence-corrected chi connectivity index (χ3v) is 7.94. The van der Waals surface area contributed by atoms with Gasteiger partial charge in [0.05, 0.1) is 3.79 Å². The number of halogens is 1. The minimum Gasteiger partial charge on any atom is -0.309 e. The Labute approximate surface area is 129 Å². The van der Waals surface area contributed by atoms with Gasteiger partial charge >= 0.3 is 0 Å². The molecule has 0 radical (unpaired) electrons. The van der Waals surface area contributed by atoms with Crippen LogP contribution in [0.1, 0.15) is 44.1 Å². The van der Waals surface area contributed by atoms with Crippen LogP contribution in [0.25, 0.3) is 0 Å². The minimum atomic E-state index is 0.597. The van der Waals surface area contributed by atoms with E-state index in [1.807, 2.05) is 11.3 Å². The van der Waals surface area contributed by atoms with Gasteiger partial charge in [0.2, 0.25) is 0 Å². The number of nitrogens with one attached hydrogen (secondary N) is 1. The normalized spacial score (nSPS) is 36.1. The van der Waals surface area contributed by atoms with Gasteiger partial charge in [0.1, 0.15) is 0 Å². The molecular formula is C16H24BrNS. The predicted molar refractivity (Wildman–Crippen MR) is 86.5 cm³/mol. The van der Waals surface area contributed by atoms with Crippen LogP contribution < -0.4 is 5.32 Å². The highest BCUT2D eigenvalue weighted by atomic mass is 79.9. The summed E-state index contributed by atoms with van der Waals surface area (Å²) in [6, 6.07) is 3.03. The second kappa shape index (κ2) is 4.85. The van der Waals surface area contributed by atoms with Crippen LogP contribution in [0.5, 0.6) is 0 Å². The highest BCUT2D eigenvalue weighted by Gasteiger charge is 2.55. The Morgan fingerprint density at radius 1 is 1.42 bits per heavy atom. The molecule has 0 aliphatic heterocycles. The van der Waals surface area contributed by atoms with Crippen LogP contribution in [0.15, 0.2) is 9.85 Å².